The molecule has 108 valence electrons. The lowest BCUT2D eigenvalue weighted by Crippen LogP contribution is -2.23. The molecule has 0 aliphatic carbocycles. The van der Waals surface area contributed by atoms with Crippen LogP contribution in [0.3, 0.4) is 0 Å². The molecule has 0 aliphatic heterocycles. The normalized spacial score (nSPS) is 12.7. The van der Waals surface area contributed by atoms with E-state index in [4.69, 9.17) is 0 Å². The molecule has 1 N–H and O–H groups in total. The third-order valence-corrected chi connectivity index (χ3v) is 3.70. The summed E-state index contributed by atoms with van der Waals surface area (Å²) in [7, 11) is 0. The van der Waals surface area contributed by atoms with Crippen LogP contribution >= 0.6 is 0 Å². The predicted octanol–water partition coefficient (Wildman–Crippen LogP) is 4.52. The second kappa shape index (κ2) is 8.98. The summed E-state index contributed by atoms with van der Waals surface area (Å²) in [6.45, 7) is 12.2. The van der Waals surface area contributed by atoms with Gasteiger partial charge < -0.3 is 5.32 Å². The minimum absolute atomic E-state index is 0.554. The van der Waals surface area contributed by atoms with E-state index in [1.165, 1.54) is 30.5 Å². The van der Waals surface area contributed by atoms with Gasteiger partial charge in [0.15, 0.2) is 0 Å². The Morgan fingerprint density at radius 1 is 1.11 bits per heavy atom. The second-order valence-electron chi connectivity index (χ2n) is 5.31. The van der Waals surface area contributed by atoms with Crippen molar-refractivity contribution in [2.24, 2.45) is 0 Å². The molecule has 0 bridgehead atoms. The molecule has 0 amide bonds. The zero-order valence-corrected chi connectivity index (χ0v) is 13.1. The van der Waals surface area contributed by atoms with Crippen molar-refractivity contribution in [2.75, 3.05) is 18.4 Å². The van der Waals surface area contributed by atoms with Gasteiger partial charge in [-0.05, 0) is 38.1 Å². The third-order valence-electron chi connectivity index (χ3n) is 3.70. The number of hydrogen-bond acceptors (Lipinski definition) is 2. The smallest absolute Gasteiger partial charge is 0.0387 e. The molecule has 1 atom stereocenters. The minimum Gasteiger partial charge on any atom is -0.382 e. The summed E-state index contributed by atoms with van der Waals surface area (Å²) in [6.07, 6.45) is 3.82. The summed E-state index contributed by atoms with van der Waals surface area (Å²) >= 11 is 0. The Labute approximate surface area is 119 Å². The Bertz CT molecular complexity index is 345. The van der Waals surface area contributed by atoms with Crippen molar-refractivity contribution < 1.29 is 0 Å². The fraction of sp³-hybridized carbons (Fsp3) is 0.647. The minimum atomic E-state index is 0.554. The summed E-state index contributed by atoms with van der Waals surface area (Å²) in [5.74, 6) is 0. The highest BCUT2D eigenvalue weighted by molar-refractivity contribution is 5.51. The van der Waals surface area contributed by atoms with Crippen LogP contribution in [0.2, 0.25) is 0 Å². The van der Waals surface area contributed by atoms with E-state index in [0.717, 1.165) is 19.6 Å². The lowest BCUT2D eigenvalue weighted by atomic mass is 10.1. The van der Waals surface area contributed by atoms with Gasteiger partial charge in [0.1, 0.15) is 0 Å². The third kappa shape index (κ3) is 5.65. The summed E-state index contributed by atoms with van der Waals surface area (Å²) < 4.78 is 0. The number of anilines is 1. The first-order valence-electron chi connectivity index (χ1n) is 7.78. The maximum atomic E-state index is 3.67. The molecular weight excluding hydrogens is 232 g/mol. The number of unbranched alkanes of at least 4 members (excludes halogenated alkanes) is 1. The van der Waals surface area contributed by atoms with Crippen LogP contribution in [0.25, 0.3) is 0 Å². The molecule has 1 rings (SSSR count). The number of nitrogens with one attached hydrogen (secondary N) is 1. The van der Waals surface area contributed by atoms with Crippen LogP contribution in [-0.2, 0) is 6.54 Å². The van der Waals surface area contributed by atoms with Crippen LogP contribution in [0.1, 0.15) is 52.5 Å². The van der Waals surface area contributed by atoms with Gasteiger partial charge in [0.05, 0.1) is 0 Å². The average Bonchev–Trinajstić information content (AvgIpc) is 2.44. The monoisotopic (exact) mass is 262 g/mol. The summed E-state index contributed by atoms with van der Waals surface area (Å²) in [5.41, 5.74) is 2.72. The number of nitrogens with zero attached hydrogens (tertiary/aromatic N) is 1. The van der Waals surface area contributed by atoms with E-state index in [1.807, 2.05) is 0 Å². The van der Waals surface area contributed by atoms with Crippen LogP contribution in [0, 0.1) is 0 Å². The molecule has 0 saturated carbocycles. The molecule has 0 aromatic heterocycles. The molecule has 0 aliphatic rings. The fourth-order valence-electron chi connectivity index (χ4n) is 2.34. The number of para-hydroxylation sites is 1. The zero-order valence-electron chi connectivity index (χ0n) is 13.1. The largest absolute Gasteiger partial charge is 0.382 e. The Hall–Kier alpha value is -1.02. The highest BCUT2D eigenvalue weighted by Crippen LogP contribution is 2.19. The highest BCUT2D eigenvalue weighted by Gasteiger charge is 2.08. The summed E-state index contributed by atoms with van der Waals surface area (Å²) in [4.78, 5) is 2.46. The fourth-order valence-corrected chi connectivity index (χ4v) is 2.34. The Balaban J connectivity index is 2.66. The lowest BCUT2D eigenvalue weighted by Gasteiger charge is -2.22. The standard InChI is InChI=1S/C17H30N2/c1-5-8-11-15(4)18-17-13-10-9-12-16(17)14-19(6-2)7-3/h9-10,12-13,15,18H,5-8,11,14H2,1-4H3. The quantitative estimate of drug-likeness (QED) is 0.704. The Morgan fingerprint density at radius 2 is 1.79 bits per heavy atom. The van der Waals surface area contributed by atoms with Gasteiger partial charge in [-0.3, -0.25) is 4.90 Å². The molecule has 2 heteroatoms. The highest BCUT2D eigenvalue weighted by atomic mass is 15.1. The first kappa shape index (κ1) is 16.0. The Morgan fingerprint density at radius 3 is 2.42 bits per heavy atom. The molecule has 2 nitrogen and oxygen atoms in total. The van der Waals surface area contributed by atoms with Crippen molar-refractivity contribution in [1.82, 2.24) is 4.90 Å². The molecule has 1 aromatic carbocycles. The van der Waals surface area contributed by atoms with E-state index in [-0.39, 0.29) is 0 Å². The van der Waals surface area contributed by atoms with Crippen molar-refractivity contribution >= 4 is 5.69 Å². The van der Waals surface area contributed by atoms with Crippen LogP contribution in [0.5, 0.6) is 0 Å². The predicted molar refractivity (Wildman–Crippen MR) is 85.7 cm³/mol. The van der Waals surface area contributed by atoms with Crippen molar-refractivity contribution in [3.05, 3.63) is 29.8 Å². The SMILES string of the molecule is CCCCC(C)Nc1ccccc1CN(CC)CC. The molecule has 0 saturated heterocycles. The van der Waals surface area contributed by atoms with Gasteiger partial charge in [-0.2, -0.15) is 0 Å². The molecular formula is C17H30N2. The van der Waals surface area contributed by atoms with Crippen LogP contribution in [0.15, 0.2) is 24.3 Å². The van der Waals surface area contributed by atoms with E-state index in [2.05, 4.69) is 62.2 Å². The first-order valence-corrected chi connectivity index (χ1v) is 7.78. The molecule has 0 radical (unpaired) electrons. The molecule has 1 aromatic rings. The maximum absolute atomic E-state index is 3.67. The van der Waals surface area contributed by atoms with Crippen LogP contribution in [0.4, 0.5) is 5.69 Å². The summed E-state index contributed by atoms with van der Waals surface area (Å²) in [5, 5.41) is 3.67. The van der Waals surface area contributed by atoms with Gasteiger partial charge in [0, 0.05) is 18.3 Å². The van der Waals surface area contributed by atoms with Crippen molar-refractivity contribution in [1.29, 1.82) is 0 Å². The summed E-state index contributed by atoms with van der Waals surface area (Å²) in [6, 6.07) is 9.27. The van der Waals surface area contributed by atoms with Gasteiger partial charge in [0.25, 0.3) is 0 Å². The van der Waals surface area contributed by atoms with Crippen molar-refractivity contribution in [3.8, 4) is 0 Å². The van der Waals surface area contributed by atoms with E-state index in [0.29, 0.717) is 6.04 Å². The average molecular weight is 262 g/mol. The number of benzene rings is 1. The number of hydrogen-bond donors (Lipinski definition) is 1. The van der Waals surface area contributed by atoms with Crippen LogP contribution < -0.4 is 5.32 Å². The molecule has 19 heavy (non-hydrogen) atoms. The van der Waals surface area contributed by atoms with E-state index in [9.17, 15) is 0 Å². The molecule has 0 fully saturated rings. The number of rotatable bonds is 9. The van der Waals surface area contributed by atoms with E-state index in [1.54, 1.807) is 0 Å². The zero-order chi connectivity index (χ0) is 14.1. The van der Waals surface area contributed by atoms with Gasteiger partial charge in [-0.15, -0.1) is 0 Å². The molecule has 0 heterocycles. The maximum Gasteiger partial charge on any atom is 0.0387 e. The Kier molecular flexibility index (Phi) is 7.57. The first-order chi connectivity index (χ1) is 9.21. The van der Waals surface area contributed by atoms with Crippen LogP contribution in [-0.4, -0.2) is 24.0 Å². The topological polar surface area (TPSA) is 15.3 Å². The molecule has 1 unspecified atom stereocenters. The molecule has 0 spiro atoms. The van der Waals surface area contributed by atoms with E-state index < -0.39 is 0 Å². The van der Waals surface area contributed by atoms with Gasteiger partial charge in [-0.1, -0.05) is 51.8 Å². The van der Waals surface area contributed by atoms with Crippen molar-refractivity contribution in [2.45, 2.75) is 59.5 Å². The van der Waals surface area contributed by atoms with Crippen molar-refractivity contribution in [3.63, 3.8) is 0 Å². The van der Waals surface area contributed by atoms with Gasteiger partial charge in [0.2, 0.25) is 0 Å². The lowest BCUT2D eigenvalue weighted by molar-refractivity contribution is 0.296. The van der Waals surface area contributed by atoms with E-state index >= 15 is 0 Å². The second-order valence-corrected chi connectivity index (χ2v) is 5.31. The van der Waals surface area contributed by atoms with Gasteiger partial charge in [-0.25, -0.2) is 0 Å². The van der Waals surface area contributed by atoms with Gasteiger partial charge >= 0.3 is 0 Å².